The number of carbonyl (C=O) groups excluding carboxylic acids is 1. The van der Waals surface area contributed by atoms with E-state index in [4.69, 9.17) is 10.8 Å². The molecule has 1 aromatic heterocycles. The van der Waals surface area contributed by atoms with Gasteiger partial charge in [0.05, 0.1) is 25.8 Å². The lowest BCUT2D eigenvalue weighted by Gasteiger charge is -2.25. The largest absolute Gasteiger partial charge is 0.394 e. The zero-order chi connectivity index (χ0) is 20.4. The van der Waals surface area contributed by atoms with Crippen molar-refractivity contribution in [2.75, 3.05) is 11.9 Å². The third-order valence-corrected chi connectivity index (χ3v) is 5.10. The van der Waals surface area contributed by atoms with Gasteiger partial charge in [0.15, 0.2) is 0 Å². The fraction of sp³-hybridized carbons (Fsp3) is 0.421. The molecule has 3 rings (SSSR count). The van der Waals surface area contributed by atoms with Crippen LogP contribution in [0.5, 0.6) is 0 Å². The number of nitrogens with zero attached hydrogens (tertiary/aromatic N) is 1. The number of hydrogen-bond donors (Lipinski definition) is 7. The highest BCUT2D eigenvalue weighted by molar-refractivity contribution is 5.92. The highest BCUT2D eigenvalue weighted by Crippen LogP contribution is 2.28. The number of amides is 1. The molecule has 4 atom stereocenters. The van der Waals surface area contributed by atoms with Crippen molar-refractivity contribution in [2.24, 2.45) is 5.73 Å². The van der Waals surface area contributed by atoms with Gasteiger partial charge in [-0.15, -0.1) is 0 Å². The van der Waals surface area contributed by atoms with Crippen LogP contribution in [0.1, 0.15) is 27.3 Å². The number of primary amides is 1. The average molecular weight is 391 g/mol. The minimum Gasteiger partial charge on any atom is -0.394 e. The molecule has 9 nitrogen and oxygen atoms in total. The summed E-state index contributed by atoms with van der Waals surface area (Å²) in [6.45, 7) is 0.0477. The molecule has 0 saturated heterocycles. The first kappa shape index (κ1) is 20.3. The first-order valence-corrected chi connectivity index (χ1v) is 8.99. The maximum Gasteiger partial charge on any atom is 0.265 e. The summed E-state index contributed by atoms with van der Waals surface area (Å²) in [6, 6.07) is 9.23. The molecule has 0 saturated carbocycles. The number of aliphatic hydroxyl groups excluding tert-OH is 5. The van der Waals surface area contributed by atoms with Crippen molar-refractivity contribution in [3.8, 4) is 0 Å². The van der Waals surface area contributed by atoms with Crippen LogP contribution in [0.15, 0.2) is 30.3 Å². The number of aromatic nitrogens is 1. The van der Waals surface area contributed by atoms with Crippen LogP contribution in [-0.2, 0) is 19.5 Å². The van der Waals surface area contributed by atoms with E-state index in [0.717, 1.165) is 16.9 Å². The van der Waals surface area contributed by atoms with Crippen LogP contribution in [0.3, 0.4) is 0 Å². The lowest BCUT2D eigenvalue weighted by Crippen LogP contribution is -2.46. The summed E-state index contributed by atoms with van der Waals surface area (Å²) in [6.07, 6.45) is -6.45. The van der Waals surface area contributed by atoms with Gasteiger partial charge in [-0.2, -0.15) is 0 Å². The smallest absolute Gasteiger partial charge is 0.265 e. The van der Waals surface area contributed by atoms with E-state index in [0.29, 0.717) is 18.7 Å². The molecule has 1 aliphatic heterocycles. The van der Waals surface area contributed by atoms with E-state index in [2.05, 4.69) is 5.32 Å². The van der Waals surface area contributed by atoms with E-state index in [-0.39, 0.29) is 12.1 Å². The molecule has 1 amide bonds. The summed E-state index contributed by atoms with van der Waals surface area (Å²) in [5.74, 6) is -0.613. The van der Waals surface area contributed by atoms with Gasteiger partial charge in [0, 0.05) is 17.8 Å². The number of fused-ring (bicyclic) bond motifs is 2. The van der Waals surface area contributed by atoms with Gasteiger partial charge in [0.2, 0.25) is 0 Å². The second kappa shape index (κ2) is 8.29. The normalized spacial score (nSPS) is 17.5. The number of carbonyl (C=O) groups is 1. The van der Waals surface area contributed by atoms with Crippen LogP contribution in [0, 0.1) is 0 Å². The summed E-state index contributed by atoms with van der Waals surface area (Å²) in [4.78, 5) is 11.9. The van der Waals surface area contributed by atoms with E-state index < -0.39 is 36.9 Å². The third kappa shape index (κ3) is 3.89. The summed E-state index contributed by atoms with van der Waals surface area (Å²) < 4.78 is 1.77. The van der Waals surface area contributed by atoms with E-state index in [1.54, 1.807) is 10.6 Å². The molecule has 0 bridgehead atoms. The molecule has 0 radical (unpaired) electrons. The Hall–Kier alpha value is -2.43. The van der Waals surface area contributed by atoms with Gasteiger partial charge >= 0.3 is 0 Å². The quantitative estimate of drug-likeness (QED) is 0.303. The van der Waals surface area contributed by atoms with Crippen LogP contribution in [0.25, 0.3) is 0 Å². The number of aliphatic hydroxyl groups is 5. The Kier molecular flexibility index (Phi) is 6.01. The predicted molar refractivity (Wildman–Crippen MR) is 101 cm³/mol. The van der Waals surface area contributed by atoms with Crippen molar-refractivity contribution in [3.63, 3.8) is 0 Å². The van der Waals surface area contributed by atoms with E-state index in [9.17, 15) is 25.2 Å². The molecule has 0 unspecified atom stereocenters. The van der Waals surface area contributed by atoms with Crippen LogP contribution < -0.4 is 11.1 Å². The third-order valence-electron chi connectivity index (χ3n) is 5.10. The molecule has 9 heteroatoms. The number of para-hydroxylation sites is 1. The maximum absolute atomic E-state index is 11.9. The molecule has 152 valence electrons. The predicted octanol–water partition coefficient (Wildman–Crippen LogP) is -1.46. The zero-order valence-electron chi connectivity index (χ0n) is 15.2. The Morgan fingerprint density at radius 2 is 1.82 bits per heavy atom. The Balaban J connectivity index is 1.89. The minimum atomic E-state index is -1.71. The number of benzene rings is 1. The van der Waals surface area contributed by atoms with Gasteiger partial charge in [0.1, 0.15) is 24.0 Å². The summed E-state index contributed by atoms with van der Waals surface area (Å²) >= 11 is 0. The Morgan fingerprint density at radius 1 is 1.14 bits per heavy atom. The monoisotopic (exact) mass is 391 g/mol. The molecule has 1 aromatic carbocycles. The molecule has 0 fully saturated rings. The van der Waals surface area contributed by atoms with Crippen LogP contribution >= 0.6 is 0 Å². The van der Waals surface area contributed by atoms with Crippen molar-refractivity contribution in [1.29, 1.82) is 0 Å². The summed E-state index contributed by atoms with van der Waals surface area (Å²) in [7, 11) is 0. The van der Waals surface area contributed by atoms with Crippen molar-refractivity contribution < 1.29 is 30.3 Å². The number of nitrogens with two attached hydrogens (primary N) is 1. The SMILES string of the molecule is NC(=O)c1cc(C[C@@H](O)[C@H](O)[C@H](O)[C@@H](O)CO)c2n1Cc1ccccc1NC2. The van der Waals surface area contributed by atoms with Gasteiger partial charge in [-0.05, 0) is 23.3 Å². The first-order valence-electron chi connectivity index (χ1n) is 8.99. The van der Waals surface area contributed by atoms with Gasteiger partial charge in [-0.1, -0.05) is 18.2 Å². The van der Waals surface area contributed by atoms with Crippen LogP contribution in [0.2, 0.25) is 0 Å². The van der Waals surface area contributed by atoms with Gasteiger partial charge < -0.3 is 41.2 Å². The highest BCUT2D eigenvalue weighted by atomic mass is 16.4. The lowest BCUT2D eigenvalue weighted by atomic mass is 9.97. The first-order chi connectivity index (χ1) is 13.3. The zero-order valence-corrected chi connectivity index (χ0v) is 15.2. The van der Waals surface area contributed by atoms with E-state index in [1.165, 1.54) is 0 Å². The van der Waals surface area contributed by atoms with Gasteiger partial charge in [0.25, 0.3) is 5.91 Å². The van der Waals surface area contributed by atoms with Gasteiger partial charge in [-0.25, -0.2) is 0 Å². The highest BCUT2D eigenvalue weighted by Gasteiger charge is 2.32. The molecule has 2 heterocycles. The summed E-state index contributed by atoms with van der Waals surface area (Å²) in [5.41, 5.74) is 9.03. The molecular formula is C19H25N3O6. The van der Waals surface area contributed by atoms with Gasteiger partial charge in [-0.3, -0.25) is 4.79 Å². The number of rotatable bonds is 7. The minimum absolute atomic E-state index is 0.0724. The molecule has 2 aromatic rings. The second-order valence-electron chi connectivity index (χ2n) is 6.97. The van der Waals surface area contributed by atoms with E-state index >= 15 is 0 Å². The lowest BCUT2D eigenvalue weighted by molar-refractivity contribution is -0.114. The molecule has 8 N–H and O–H groups in total. The average Bonchev–Trinajstić information content (AvgIpc) is 2.90. The Morgan fingerprint density at radius 3 is 2.50 bits per heavy atom. The van der Waals surface area contributed by atoms with Crippen LogP contribution in [-0.4, -0.2) is 67.0 Å². The molecular weight excluding hydrogens is 366 g/mol. The summed E-state index contributed by atoms with van der Waals surface area (Å²) in [5, 5.41) is 51.9. The fourth-order valence-corrected chi connectivity index (χ4v) is 3.50. The van der Waals surface area contributed by atoms with Crippen molar-refractivity contribution >= 4 is 11.6 Å². The number of hydrogen-bond acceptors (Lipinski definition) is 7. The molecule has 0 aliphatic carbocycles. The molecule has 1 aliphatic rings. The van der Waals surface area contributed by atoms with Crippen molar-refractivity contribution in [1.82, 2.24) is 4.57 Å². The maximum atomic E-state index is 11.9. The topological polar surface area (TPSA) is 161 Å². The number of nitrogens with one attached hydrogen (secondary N) is 1. The van der Waals surface area contributed by atoms with Crippen molar-refractivity contribution in [3.05, 3.63) is 52.8 Å². The number of anilines is 1. The molecule has 28 heavy (non-hydrogen) atoms. The molecule has 0 spiro atoms. The Labute approximate surface area is 161 Å². The Bertz CT molecular complexity index is 852. The second-order valence-corrected chi connectivity index (χ2v) is 6.97. The fourth-order valence-electron chi connectivity index (χ4n) is 3.50. The van der Waals surface area contributed by atoms with E-state index in [1.807, 2.05) is 24.3 Å². The van der Waals surface area contributed by atoms with Crippen LogP contribution in [0.4, 0.5) is 5.69 Å². The van der Waals surface area contributed by atoms with Crippen molar-refractivity contribution in [2.45, 2.75) is 43.9 Å². The standard InChI is InChI=1S/C19H25N3O6/c20-19(28)13-5-11(6-15(24)17(26)18(27)16(25)9-23)14-7-21-12-4-2-1-3-10(12)8-22(13)14/h1-5,15-18,21,23-27H,6-9H2,(H2,20,28)/t15-,16+,17+,18-/m1/s1.